The molecule has 1 saturated heterocycles. The molecule has 12 nitrogen and oxygen atoms in total. The van der Waals surface area contributed by atoms with Crippen molar-refractivity contribution in [3.05, 3.63) is 166 Å². The maximum Gasteiger partial charge on any atom is 0.407 e. The van der Waals surface area contributed by atoms with E-state index < -0.39 is 59.3 Å². The predicted molar refractivity (Wildman–Crippen MR) is 306 cm³/mol. The molecule has 1 saturated carbocycles. The Hall–Kier alpha value is -6.66. The highest BCUT2D eigenvalue weighted by atomic mass is 35.5. The van der Waals surface area contributed by atoms with E-state index in [4.69, 9.17) is 25.8 Å². The zero-order chi connectivity index (χ0) is 55.2. The van der Waals surface area contributed by atoms with Gasteiger partial charge in [0.1, 0.15) is 30.3 Å². The Labute approximate surface area is 466 Å². The third kappa shape index (κ3) is 14.0. The number of fused-ring (bicyclic) bond motifs is 3. The van der Waals surface area contributed by atoms with Crippen molar-refractivity contribution < 1.29 is 38.2 Å². The maximum atomic E-state index is 15.3. The Bertz CT molecular complexity index is 2780. The van der Waals surface area contributed by atoms with Gasteiger partial charge in [-0.1, -0.05) is 192 Å². The first-order valence-electron chi connectivity index (χ1n) is 28.5. The van der Waals surface area contributed by atoms with Crippen LogP contribution in [0, 0.1) is 5.92 Å². The Morgan fingerprint density at radius 1 is 0.667 bits per heavy atom. The lowest BCUT2D eigenvalue weighted by Crippen LogP contribution is -2.57. The van der Waals surface area contributed by atoms with Gasteiger partial charge in [-0.3, -0.25) is 9.59 Å². The summed E-state index contributed by atoms with van der Waals surface area (Å²) in [6, 6.07) is 38.5. The fourth-order valence-electron chi connectivity index (χ4n) is 11.7. The molecule has 0 bridgehead atoms. The lowest BCUT2D eigenvalue weighted by atomic mass is 9.78. The van der Waals surface area contributed by atoms with Gasteiger partial charge in [0.25, 0.3) is 0 Å². The zero-order valence-electron chi connectivity index (χ0n) is 46.2. The van der Waals surface area contributed by atoms with Gasteiger partial charge in [-0.15, -0.1) is 0 Å². The van der Waals surface area contributed by atoms with Gasteiger partial charge in [-0.2, -0.15) is 0 Å². The van der Waals surface area contributed by atoms with Gasteiger partial charge in [0.15, 0.2) is 5.60 Å². The summed E-state index contributed by atoms with van der Waals surface area (Å²) < 4.78 is 18.4. The second-order valence-electron chi connectivity index (χ2n) is 22.5. The molecule has 8 rings (SSSR count). The predicted octanol–water partition coefficient (Wildman–Crippen LogP) is 13.5. The quantitative estimate of drug-likeness (QED) is 0.0320. The monoisotopic (exact) mass is 1080 g/mol. The Balaban J connectivity index is 1.04. The van der Waals surface area contributed by atoms with Gasteiger partial charge < -0.3 is 35.1 Å². The summed E-state index contributed by atoms with van der Waals surface area (Å²) in [5.74, 6) is -1.70. The van der Waals surface area contributed by atoms with E-state index in [0.717, 1.165) is 40.7 Å². The second kappa shape index (κ2) is 26.8. The first kappa shape index (κ1) is 57.5. The molecule has 1 heterocycles. The molecule has 0 radical (unpaired) electrons. The molecule has 4 amide bonds. The number of benzene rings is 5. The third-order valence-electron chi connectivity index (χ3n) is 16.0. The normalized spacial score (nSPS) is 17.8. The molecule has 78 heavy (non-hydrogen) atoms. The molecule has 0 spiro atoms. The number of unbranched alkanes of at least 4 members (excludes halogenated alkanes) is 1. The first-order chi connectivity index (χ1) is 37.7. The average molecular weight is 1080 g/mol. The van der Waals surface area contributed by atoms with Crippen LogP contribution < -0.4 is 16.0 Å². The molecule has 13 heteroatoms. The fraction of sp³-hybridized carbons (Fsp3) is 0.462. The smallest absolute Gasteiger partial charge is 0.407 e. The van der Waals surface area contributed by atoms with Crippen molar-refractivity contribution in [3.8, 4) is 11.1 Å². The number of ether oxygens (including phenoxy) is 3. The molecule has 3 aliphatic rings. The molecule has 5 aromatic carbocycles. The summed E-state index contributed by atoms with van der Waals surface area (Å²) in [4.78, 5) is 73.0. The van der Waals surface area contributed by atoms with E-state index >= 15 is 9.59 Å². The maximum absolute atomic E-state index is 15.3. The lowest BCUT2D eigenvalue weighted by molar-refractivity contribution is -0.162. The van der Waals surface area contributed by atoms with Crippen LogP contribution in [0.25, 0.3) is 11.1 Å². The van der Waals surface area contributed by atoms with Crippen molar-refractivity contribution in [2.24, 2.45) is 5.92 Å². The number of alkyl carbamates (subject to hydrolysis) is 2. The average Bonchev–Trinajstić information content (AvgIpc) is 4.19. The summed E-state index contributed by atoms with van der Waals surface area (Å²) in [5, 5.41) is 9.07. The van der Waals surface area contributed by atoms with Crippen LogP contribution in [0.2, 0.25) is 5.02 Å². The van der Waals surface area contributed by atoms with E-state index in [1.54, 1.807) is 26.8 Å². The van der Waals surface area contributed by atoms with E-state index in [1.807, 2.05) is 98.8 Å². The molecule has 414 valence electrons. The molecule has 5 atom stereocenters. The topological polar surface area (TPSA) is 152 Å². The molecule has 2 aliphatic carbocycles. The highest BCUT2D eigenvalue weighted by Crippen LogP contribution is 2.46. The van der Waals surface area contributed by atoms with Gasteiger partial charge in [0.05, 0.1) is 0 Å². The summed E-state index contributed by atoms with van der Waals surface area (Å²) in [6.07, 6.45) is 10.9. The lowest BCUT2D eigenvalue weighted by Gasteiger charge is -2.38. The van der Waals surface area contributed by atoms with E-state index in [1.165, 1.54) is 49.0 Å². The van der Waals surface area contributed by atoms with Crippen molar-refractivity contribution in [2.45, 2.75) is 166 Å². The van der Waals surface area contributed by atoms with E-state index in [-0.39, 0.29) is 38.0 Å². The number of halogens is 1. The number of amides is 4. The Morgan fingerprint density at radius 2 is 1.27 bits per heavy atom. The SMILES string of the molecule is CC[C@H](C)[C@H](NC(=O)OCC1c2ccccc2-c2ccccc21)C(=O)N[C@@H](CCCCNC(=O)OC(C)(C)C)C(=O)N1CCC[C@H]1C(=O)OC(c1ccccc1)(c1ccc(C2CCCCCCCC2)cc1)c1ccccc1Cl. The van der Waals surface area contributed by atoms with E-state index in [2.05, 4.69) is 52.3 Å². The largest absolute Gasteiger partial charge is 0.449 e. The van der Waals surface area contributed by atoms with Crippen LogP contribution in [0.1, 0.15) is 170 Å². The van der Waals surface area contributed by atoms with Crippen LogP contribution in [-0.2, 0) is 34.2 Å². The van der Waals surface area contributed by atoms with Gasteiger partial charge in [0.2, 0.25) is 11.8 Å². The number of nitrogens with one attached hydrogen (secondary N) is 3. The number of carbonyl (C=O) groups excluding carboxylic acids is 5. The summed E-state index contributed by atoms with van der Waals surface area (Å²) in [5.41, 5.74) is 5.41. The van der Waals surface area contributed by atoms with Gasteiger partial charge in [0, 0.05) is 40.7 Å². The molecule has 1 aliphatic heterocycles. The van der Waals surface area contributed by atoms with Crippen LogP contribution in [0.5, 0.6) is 0 Å². The highest BCUT2D eigenvalue weighted by molar-refractivity contribution is 6.31. The van der Waals surface area contributed by atoms with Crippen molar-refractivity contribution in [2.75, 3.05) is 19.7 Å². The first-order valence-corrected chi connectivity index (χ1v) is 28.9. The summed E-state index contributed by atoms with van der Waals surface area (Å²) >= 11 is 7.15. The Kier molecular flexibility index (Phi) is 19.8. The van der Waals surface area contributed by atoms with E-state index in [9.17, 15) is 14.4 Å². The molecule has 0 aromatic heterocycles. The number of hydrogen-bond donors (Lipinski definition) is 3. The molecular weight excluding hydrogens is 1000 g/mol. The zero-order valence-corrected chi connectivity index (χ0v) is 47.0. The minimum Gasteiger partial charge on any atom is -0.449 e. The van der Waals surface area contributed by atoms with Crippen LogP contribution >= 0.6 is 11.6 Å². The van der Waals surface area contributed by atoms with E-state index in [0.29, 0.717) is 54.2 Å². The molecule has 1 unspecified atom stereocenters. The van der Waals surface area contributed by atoms with Gasteiger partial charge >= 0.3 is 18.2 Å². The number of esters is 1. The van der Waals surface area contributed by atoms with Crippen molar-refractivity contribution in [1.29, 1.82) is 0 Å². The Morgan fingerprint density at radius 3 is 1.91 bits per heavy atom. The summed E-state index contributed by atoms with van der Waals surface area (Å²) in [7, 11) is 0. The van der Waals surface area contributed by atoms with Gasteiger partial charge in [-0.25, -0.2) is 14.4 Å². The van der Waals surface area contributed by atoms with Crippen LogP contribution in [-0.4, -0.2) is 78.3 Å². The molecule has 5 aromatic rings. The standard InChI is InChI=1S/C65H79ClN4O8/c1-6-44(2)58(69-63(75)76-43-53-51-31-18-16-29-49(51)50-30-17-19-32-52(50)53)59(71)68-56(35-22-23-41-67-62(74)78-64(3,4)5)60(72)70-42-24-36-57(70)61(73)77-65(47-27-14-11-15-28-47,54-33-20-21-34-55(54)66)48-39-37-46(38-40-48)45-25-12-9-7-8-10-13-26-45/h11,14-21,27-34,37-40,44-45,53,56-58H,6-10,12-13,22-26,35-36,41-43H2,1-5H3,(H,67,74)(H,68,71)(H,69,75)/t44-,56-,57-,58-,65?/m0/s1. The molecular formula is C65H79ClN4O8. The fourth-order valence-corrected chi connectivity index (χ4v) is 12.0. The van der Waals surface area contributed by atoms with Crippen LogP contribution in [0.15, 0.2) is 127 Å². The second-order valence-corrected chi connectivity index (χ2v) is 22.9. The molecule has 2 fully saturated rings. The van der Waals surface area contributed by atoms with Crippen molar-refractivity contribution in [3.63, 3.8) is 0 Å². The number of likely N-dealkylation sites (tertiary alicyclic amines) is 1. The number of nitrogens with zero attached hydrogens (tertiary/aromatic N) is 1. The number of hydrogen-bond acceptors (Lipinski definition) is 8. The van der Waals surface area contributed by atoms with Crippen molar-refractivity contribution >= 4 is 41.6 Å². The van der Waals surface area contributed by atoms with Gasteiger partial charge in [-0.05, 0) is 111 Å². The third-order valence-corrected chi connectivity index (χ3v) is 16.3. The minimum atomic E-state index is -1.51. The summed E-state index contributed by atoms with van der Waals surface area (Å²) in [6.45, 7) is 9.74. The number of carbonyl (C=O) groups is 5. The van der Waals surface area contributed by atoms with Crippen LogP contribution in [0.3, 0.4) is 0 Å². The minimum absolute atomic E-state index is 0.0629. The molecule has 3 N–H and O–H groups in total. The highest BCUT2D eigenvalue weighted by Gasteiger charge is 2.47. The van der Waals surface area contributed by atoms with Crippen LogP contribution in [0.4, 0.5) is 9.59 Å². The van der Waals surface area contributed by atoms with Crippen molar-refractivity contribution in [1.82, 2.24) is 20.9 Å². The number of rotatable bonds is 19.